The molecule has 0 unspecified atom stereocenters. The number of hydrogen-bond donors (Lipinski definition) is 1. The first-order chi connectivity index (χ1) is 9.40. The minimum atomic E-state index is -3.01. The molecule has 1 aromatic rings. The van der Waals surface area contributed by atoms with Crippen LogP contribution in [0.25, 0.3) is 0 Å². The van der Waals surface area contributed by atoms with E-state index in [2.05, 4.69) is 10.3 Å². The number of carbonyl (C=O) groups excluding carboxylic acids is 1. The van der Waals surface area contributed by atoms with E-state index in [1.807, 2.05) is 6.92 Å². The van der Waals surface area contributed by atoms with Gasteiger partial charge in [0.15, 0.2) is 0 Å². The number of nitrogens with zero attached hydrogens (tertiary/aromatic N) is 2. The first kappa shape index (κ1) is 14.6. The second-order valence-corrected chi connectivity index (χ2v) is 4.94. The molecule has 2 heterocycles. The summed E-state index contributed by atoms with van der Waals surface area (Å²) >= 11 is 0. The quantitative estimate of drug-likeness (QED) is 0.917. The molecule has 2 amide bonds. The average molecular weight is 285 g/mol. The van der Waals surface area contributed by atoms with Crippen molar-refractivity contribution < 1.29 is 18.3 Å². The zero-order valence-corrected chi connectivity index (χ0v) is 11.4. The van der Waals surface area contributed by atoms with Crippen LogP contribution >= 0.6 is 0 Å². The van der Waals surface area contributed by atoms with Crippen molar-refractivity contribution in [2.24, 2.45) is 0 Å². The van der Waals surface area contributed by atoms with Crippen molar-refractivity contribution in [3.05, 3.63) is 29.6 Å². The fraction of sp³-hybridized carbons (Fsp3) is 0.538. The number of urea groups is 1. The van der Waals surface area contributed by atoms with E-state index in [1.54, 1.807) is 25.5 Å². The molecule has 1 atom stereocenters. The van der Waals surface area contributed by atoms with Crippen LogP contribution in [0.15, 0.2) is 18.5 Å². The third-order valence-corrected chi connectivity index (χ3v) is 3.28. The topological polar surface area (TPSA) is 54.5 Å². The monoisotopic (exact) mass is 285 g/mol. The lowest BCUT2D eigenvalue weighted by Crippen LogP contribution is -2.50. The van der Waals surface area contributed by atoms with Gasteiger partial charge >= 0.3 is 6.03 Å². The Hall–Kier alpha value is -1.76. The Kier molecular flexibility index (Phi) is 4.17. The highest BCUT2D eigenvalue weighted by molar-refractivity contribution is 5.74. The van der Waals surface area contributed by atoms with Gasteiger partial charge in [-0.05, 0) is 24.1 Å². The van der Waals surface area contributed by atoms with Gasteiger partial charge in [0, 0.05) is 26.0 Å². The normalized spacial score (nSPS) is 20.7. The van der Waals surface area contributed by atoms with Crippen molar-refractivity contribution in [1.82, 2.24) is 15.2 Å². The van der Waals surface area contributed by atoms with E-state index in [4.69, 9.17) is 4.74 Å². The van der Waals surface area contributed by atoms with Crippen molar-refractivity contribution >= 4 is 6.03 Å². The van der Waals surface area contributed by atoms with Crippen LogP contribution in [-0.2, 0) is 11.3 Å². The second-order valence-electron chi connectivity index (χ2n) is 4.94. The first-order valence-corrected chi connectivity index (χ1v) is 6.27. The van der Waals surface area contributed by atoms with Gasteiger partial charge in [0.2, 0.25) is 0 Å². The molecule has 1 N–H and O–H groups in total. The number of carbonyl (C=O) groups is 1. The molecule has 1 aliphatic rings. The molecule has 1 saturated heterocycles. The molecular weight excluding hydrogens is 268 g/mol. The third kappa shape index (κ3) is 3.22. The lowest BCUT2D eigenvalue weighted by atomic mass is 10.1. The highest BCUT2D eigenvalue weighted by atomic mass is 19.3. The van der Waals surface area contributed by atoms with Gasteiger partial charge in [-0.3, -0.25) is 4.98 Å². The van der Waals surface area contributed by atoms with Crippen LogP contribution in [-0.4, -0.2) is 48.1 Å². The van der Waals surface area contributed by atoms with Gasteiger partial charge in [-0.1, -0.05) is 0 Å². The second kappa shape index (κ2) is 5.70. The number of rotatable bonds is 3. The zero-order valence-electron chi connectivity index (χ0n) is 11.4. The number of hydrogen-bond acceptors (Lipinski definition) is 3. The standard InChI is InChI=1S/C13H17F2N3O2/c1-9-5-16-4-3-10(9)6-18(2)12(19)17-11-7-20-8-13(11,14)15/h3-5,11H,6-8H2,1-2H3,(H,17,19)/t11-/m0/s1. The van der Waals surface area contributed by atoms with Crippen molar-refractivity contribution in [1.29, 1.82) is 0 Å². The van der Waals surface area contributed by atoms with Crippen molar-refractivity contribution in [3.8, 4) is 0 Å². The summed E-state index contributed by atoms with van der Waals surface area (Å²) in [6.45, 7) is 1.40. The Bertz CT molecular complexity index is 496. The maximum atomic E-state index is 13.4. The first-order valence-electron chi connectivity index (χ1n) is 6.27. The van der Waals surface area contributed by atoms with Gasteiger partial charge in [-0.2, -0.15) is 0 Å². The third-order valence-electron chi connectivity index (χ3n) is 3.28. The Morgan fingerprint density at radius 2 is 2.40 bits per heavy atom. The van der Waals surface area contributed by atoms with Gasteiger partial charge in [0.05, 0.1) is 6.61 Å². The summed E-state index contributed by atoms with van der Waals surface area (Å²) in [5, 5.41) is 2.30. The Balaban J connectivity index is 1.94. The number of pyridine rings is 1. The Morgan fingerprint density at radius 3 is 3.00 bits per heavy atom. The van der Waals surface area contributed by atoms with Crippen LogP contribution in [0.2, 0.25) is 0 Å². The molecule has 1 fully saturated rings. The summed E-state index contributed by atoms with van der Waals surface area (Å²) in [6.07, 6.45) is 3.33. The number of nitrogens with one attached hydrogen (secondary N) is 1. The average Bonchev–Trinajstić information content (AvgIpc) is 2.71. The van der Waals surface area contributed by atoms with Gasteiger partial charge in [0.25, 0.3) is 5.92 Å². The number of halogens is 2. The minimum absolute atomic E-state index is 0.166. The molecule has 0 aliphatic carbocycles. The highest BCUT2D eigenvalue weighted by Crippen LogP contribution is 2.25. The Labute approximate surface area is 115 Å². The van der Waals surface area contributed by atoms with Gasteiger partial charge in [0.1, 0.15) is 12.6 Å². The molecule has 5 nitrogen and oxygen atoms in total. The number of alkyl halides is 2. The van der Waals surface area contributed by atoms with E-state index in [0.717, 1.165) is 11.1 Å². The SMILES string of the molecule is Cc1cnccc1CN(C)C(=O)N[C@H]1COCC1(F)F. The maximum Gasteiger partial charge on any atom is 0.317 e. The van der Waals surface area contributed by atoms with E-state index < -0.39 is 24.6 Å². The van der Waals surface area contributed by atoms with Crippen LogP contribution in [0.3, 0.4) is 0 Å². The predicted octanol–water partition coefficient (Wildman–Crippen LogP) is 1.57. The molecule has 1 aliphatic heterocycles. The lowest BCUT2D eigenvalue weighted by molar-refractivity contribution is -0.0222. The molecule has 0 bridgehead atoms. The van der Waals surface area contributed by atoms with Crippen LogP contribution in [0, 0.1) is 6.92 Å². The molecule has 0 aromatic carbocycles. The fourth-order valence-corrected chi connectivity index (χ4v) is 1.95. The molecule has 0 spiro atoms. The van der Waals surface area contributed by atoms with Crippen molar-refractivity contribution in [2.75, 3.05) is 20.3 Å². The summed E-state index contributed by atoms with van der Waals surface area (Å²) < 4.78 is 31.4. The summed E-state index contributed by atoms with van der Waals surface area (Å²) in [4.78, 5) is 17.2. The van der Waals surface area contributed by atoms with E-state index in [-0.39, 0.29) is 6.61 Å². The summed E-state index contributed by atoms with van der Waals surface area (Å²) in [5.41, 5.74) is 1.87. The summed E-state index contributed by atoms with van der Waals surface area (Å²) in [6, 6.07) is -0.0146. The van der Waals surface area contributed by atoms with E-state index in [9.17, 15) is 13.6 Å². The minimum Gasteiger partial charge on any atom is -0.373 e. The van der Waals surface area contributed by atoms with Crippen LogP contribution < -0.4 is 5.32 Å². The largest absolute Gasteiger partial charge is 0.373 e. The molecule has 7 heteroatoms. The fourth-order valence-electron chi connectivity index (χ4n) is 1.95. The smallest absolute Gasteiger partial charge is 0.317 e. The van der Waals surface area contributed by atoms with E-state index in [1.165, 1.54) is 4.90 Å². The molecule has 1 aromatic heterocycles. The Morgan fingerprint density at radius 1 is 1.65 bits per heavy atom. The van der Waals surface area contributed by atoms with Crippen LogP contribution in [0.4, 0.5) is 13.6 Å². The van der Waals surface area contributed by atoms with Crippen LogP contribution in [0.1, 0.15) is 11.1 Å². The molecule has 20 heavy (non-hydrogen) atoms. The lowest BCUT2D eigenvalue weighted by Gasteiger charge is -2.23. The zero-order chi connectivity index (χ0) is 14.8. The van der Waals surface area contributed by atoms with Crippen molar-refractivity contribution in [3.63, 3.8) is 0 Å². The van der Waals surface area contributed by atoms with Crippen molar-refractivity contribution in [2.45, 2.75) is 25.4 Å². The summed E-state index contributed by atoms with van der Waals surface area (Å²) in [5.74, 6) is -3.01. The predicted molar refractivity (Wildman–Crippen MR) is 68.5 cm³/mol. The molecule has 0 saturated carbocycles. The van der Waals surface area contributed by atoms with Crippen LogP contribution in [0.5, 0.6) is 0 Å². The van der Waals surface area contributed by atoms with E-state index >= 15 is 0 Å². The van der Waals surface area contributed by atoms with Gasteiger partial charge in [-0.15, -0.1) is 0 Å². The van der Waals surface area contributed by atoms with Gasteiger partial charge in [-0.25, -0.2) is 13.6 Å². The number of ether oxygens (including phenoxy) is 1. The van der Waals surface area contributed by atoms with Gasteiger partial charge < -0.3 is 15.0 Å². The number of aryl methyl sites for hydroxylation is 1. The number of amides is 2. The molecular formula is C13H17F2N3O2. The maximum absolute atomic E-state index is 13.4. The van der Waals surface area contributed by atoms with E-state index in [0.29, 0.717) is 6.54 Å². The number of aromatic nitrogens is 1. The molecule has 2 rings (SSSR count). The molecule has 0 radical (unpaired) electrons. The molecule has 110 valence electrons. The highest BCUT2D eigenvalue weighted by Gasteiger charge is 2.46. The summed E-state index contributed by atoms with van der Waals surface area (Å²) in [7, 11) is 1.56.